The monoisotopic (exact) mass is 354 g/mol. The Labute approximate surface area is 142 Å². The first-order valence-electron chi connectivity index (χ1n) is 6.70. The first-order valence-corrected chi connectivity index (χ1v) is 7.85. The second kappa shape index (κ2) is 8.50. The Morgan fingerprint density at radius 2 is 2.22 bits per heavy atom. The number of carbonyl (C=O) groups excluding carboxylic acids is 1. The van der Waals surface area contributed by atoms with Gasteiger partial charge in [0.25, 0.3) is 0 Å². The molecular weight excluding hydrogens is 340 g/mol. The molecule has 6 nitrogen and oxygen atoms in total. The molecule has 0 atom stereocenters. The van der Waals surface area contributed by atoms with Crippen molar-refractivity contribution in [1.29, 1.82) is 0 Å². The van der Waals surface area contributed by atoms with Gasteiger partial charge < -0.3 is 14.2 Å². The van der Waals surface area contributed by atoms with Crippen molar-refractivity contribution in [2.24, 2.45) is 0 Å². The minimum atomic E-state index is -0.534. The highest BCUT2D eigenvalue weighted by atomic mass is 35.5. The normalized spacial score (nSPS) is 10.7. The van der Waals surface area contributed by atoms with E-state index in [1.807, 2.05) is 31.2 Å². The number of carbonyl (C=O) groups is 1. The van der Waals surface area contributed by atoms with E-state index in [2.05, 4.69) is 9.59 Å². The Hall–Kier alpha value is -2.12. The summed E-state index contributed by atoms with van der Waals surface area (Å²) in [7, 11) is 1.54. The topological polar surface area (TPSA) is 70.5 Å². The van der Waals surface area contributed by atoms with Gasteiger partial charge in [-0.1, -0.05) is 34.3 Å². The van der Waals surface area contributed by atoms with E-state index in [4.69, 9.17) is 25.8 Å². The van der Waals surface area contributed by atoms with Crippen LogP contribution in [0.1, 0.15) is 18.2 Å². The standard InChI is InChI=1S/C15H15ClN2O4S/c1-3-4-10-5-6-12(13(7-10)20-2)21-9-14(19)22-8-11-15(16)23-18-17-11/h3-7H,8-9H2,1-2H3/b4-3+. The highest BCUT2D eigenvalue weighted by Crippen LogP contribution is 2.28. The van der Waals surface area contributed by atoms with Gasteiger partial charge in [-0.3, -0.25) is 0 Å². The van der Waals surface area contributed by atoms with E-state index in [0.717, 1.165) is 17.1 Å². The molecule has 8 heteroatoms. The van der Waals surface area contributed by atoms with Crippen LogP contribution in [0.15, 0.2) is 24.3 Å². The fraction of sp³-hybridized carbons (Fsp3) is 0.267. The minimum Gasteiger partial charge on any atom is -0.493 e. The van der Waals surface area contributed by atoms with E-state index < -0.39 is 5.97 Å². The molecule has 0 aliphatic rings. The van der Waals surface area contributed by atoms with Crippen molar-refractivity contribution in [3.63, 3.8) is 0 Å². The maximum atomic E-state index is 11.7. The maximum absolute atomic E-state index is 11.7. The van der Waals surface area contributed by atoms with Gasteiger partial charge in [0.05, 0.1) is 7.11 Å². The molecule has 0 amide bonds. The van der Waals surface area contributed by atoms with Crippen LogP contribution in [0.25, 0.3) is 6.08 Å². The van der Waals surface area contributed by atoms with Crippen molar-refractivity contribution in [3.8, 4) is 11.5 Å². The molecular formula is C15H15ClN2O4S. The molecule has 0 bridgehead atoms. The summed E-state index contributed by atoms with van der Waals surface area (Å²) in [5.74, 6) is 0.472. The number of allylic oxidation sites excluding steroid dienone is 1. The Morgan fingerprint density at radius 1 is 1.39 bits per heavy atom. The molecule has 0 fully saturated rings. The van der Waals surface area contributed by atoms with Gasteiger partial charge in [0.2, 0.25) is 0 Å². The number of benzene rings is 1. The van der Waals surface area contributed by atoms with Gasteiger partial charge >= 0.3 is 5.97 Å². The largest absolute Gasteiger partial charge is 0.493 e. The molecule has 0 aliphatic carbocycles. The summed E-state index contributed by atoms with van der Waals surface area (Å²) in [4.78, 5) is 11.7. The van der Waals surface area contributed by atoms with Crippen molar-refractivity contribution >= 4 is 35.2 Å². The smallest absolute Gasteiger partial charge is 0.344 e. The van der Waals surface area contributed by atoms with E-state index >= 15 is 0 Å². The zero-order valence-electron chi connectivity index (χ0n) is 12.6. The molecule has 2 aromatic rings. The van der Waals surface area contributed by atoms with Gasteiger partial charge in [0, 0.05) is 11.5 Å². The lowest BCUT2D eigenvalue weighted by molar-refractivity contribution is -0.147. The van der Waals surface area contributed by atoms with Crippen molar-refractivity contribution in [2.75, 3.05) is 13.7 Å². The van der Waals surface area contributed by atoms with E-state index in [-0.39, 0.29) is 13.2 Å². The Balaban J connectivity index is 1.89. The molecule has 23 heavy (non-hydrogen) atoms. The molecule has 0 radical (unpaired) electrons. The molecule has 0 saturated carbocycles. The molecule has 1 aromatic carbocycles. The number of rotatable bonds is 7. The molecule has 122 valence electrons. The summed E-state index contributed by atoms with van der Waals surface area (Å²) in [5.41, 5.74) is 1.41. The molecule has 1 heterocycles. The average Bonchev–Trinajstić information content (AvgIpc) is 2.97. The summed E-state index contributed by atoms with van der Waals surface area (Å²) < 4.78 is 19.8. The lowest BCUT2D eigenvalue weighted by Gasteiger charge is -2.11. The summed E-state index contributed by atoms with van der Waals surface area (Å²) in [6.07, 6.45) is 3.86. The summed E-state index contributed by atoms with van der Waals surface area (Å²) >= 11 is 6.86. The van der Waals surface area contributed by atoms with E-state index in [1.54, 1.807) is 6.07 Å². The zero-order valence-corrected chi connectivity index (χ0v) is 14.2. The zero-order chi connectivity index (χ0) is 16.7. The third kappa shape index (κ3) is 4.94. The molecule has 0 unspecified atom stereocenters. The van der Waals surface area contributed by atoms with Crippen LogP contribution in [-0.4, -0.2) is 29.3 Å². The number of hydrogen-bond acceptors (Lipinski definition) is 7. The molecule has 0 N–H and O–H groups in total. The number of ether oxygens (including phenoxy) is 3. The fourth-order valence-electron chi connectivity index (χ4n) is 1.71. The number of hydrogen-bond donors (Lipinski definition) is 0. The van der Waals surface area contributed by atoms with Crippen LogP contribution in [0, 0.1) is 0 Å². The van der Waals surface area contributed by atoms with Crippen molar-refractivity contribution in [1.82, 2.24) is 9.59 Å². The third-order valence-electron chi connectivity index (χ3n) is 2.77. The van der Waals surface area contributed by atoms with E-state index in [1.165, 1.54) is 7.11 Å². The number of aromatic nitrogens is 2. The van der Waals surface area contributed by atoms with E-state index in [9.17, 15) is 4.79 Å². The number of methoxy groups -OCH3 is 1. The van der Waals surface area contributed by atoms with Gasteiger partial charge in [-0.05, 0) is 24.6 Å². The van der Waals surface area contributed by atoms with Crippen LogP contribution in [0.3, 0.4) is 0 Å². The highest BCUT2D eigenvalue weighted by Gasteiger charge is 2.12. The molecule has 1 aromatic heterocycles. The summed E-state index contributed by atoms with van der Waals surface area (Å²) in [6.45, 7) is 1.65. The van der Waals surface area contributed by atoms with Crippen LogP contribution >= 0.6 is 23.1 Å². The van der Waals surface area contributed by atoms with Crippen LogP contribution in [0.5, 0.6) is 11.5 Å². The lowest BCUT2D eigenvalue weighted by atomic mass is 10.2. The van der Waals surface area contributed by atoms with E-state index in [0.29, 0.717) is 21.5 Å². The van der Waals surface area contributed by atoms with Crippen molar-refractivity contribution in [3.05, 3.63) is 39.9 Å². The average molecular weight is 355 g/mol. The van der Waals surface area contributed by atoms with Gasteiger partial charge in [-0.25, -0.2) is 4.79 Å². The first-order chi connectivity index (χ1) is 11.1. The van der Waals surface area contributed by atoms with Crippen molar-refractivity contribution in [2.45, 2.75) is 13.5 Å². The number of esters is 1. The third-order valence-corrected chi connectivity index (χ3v) is 3.76. The van der Waals surface area contributed by atoms with Gasteiger partial charge in [0.15, 0.2) is 18.1 Å². The van der Waals surface area contributed by atoms with Gasteiger partial charge in [0.1, 0.15) is 16.6 Å². The molecule has 2 rings (SSSR count). The SMILES string of the molecule is C/C=C/c1ccc(OCC(=O)OCc2nnsc2Cl)c(OC)c1. The molecule has 0 aliphatic heterocycles. The van der Waals surface area contributed by atoms with Crippen molar-refractivity contribution < 1.29 is 19.0 Å². The Bertz CT molecular complexity index is 703. The number of halogens is 1. The molecule has 0 saturated heterocycles. The summed E-state index contributed by atoms with van der Waals surface area (Å²) in [6, 6.07) is 5.42. The van der Waals surface area contributed by atoms with Crippen LogP contribution in [0.2, 0.25) is 4.34 Å². The second-order valence-corrected chi connectivity index (χ2v) is 5.71. The fourth-order valence-corrected chi connectivity index (χ4v) is 2.31. The van der Waals surface area contributed by atoms with Crippen LogP contribution in [0.4, 0.5) is 0 Å². The number of nitrogens with zero attached hydrogens (tertiary/aromatic N) is 2. The Kier molecular flexibility index (Phi) is 6.37. The predicted octanol–water partition coefficient (Wildman–Crippen LogP) is 3.36. The lowest BCUT2D eigenvalue weighted by Crippen LogP contribution is -2.15. The highest BCUT2D eigenvalue weighted by molar-refractivity contribution is 7.10. The quantitative estimate of drug-likeness (QED) is 0.710. The second-order valence-electron chi connectivity index (χ2n) is 4.35. The molecule has 0 spiro atoms. The van der Waals surface area contributed by atoms with Crippen LogP contribution < -0.4 is 9.47 Å². The van der Waals surface area contributed by atoms with Gasteiger partial charge in [-0.15, -0.1) is 5.10 Å². The predicted molar refractivity (Wildman–Crippen MR) is 87.9 cm³/mol. The summed E-state index contributed by atoms with van der Waals surface area (Å²) in [5, 5.41) is 3.75. The van der Waals surface area contributed by atoms with Gasteiger partial charge in [-0.2, -0.15) is 0 Å². The minimum absolute atomic E-state index is 0.0328. The van der Waals surface area contributed by atoms with Crippen LogP contribution in [-0.2, 0) is 16.1 Å². The first kappa shape index (κ1) is 17.2. The maximum Gasteiger partial charge on any atom is 0.344 e. The Morgan fingerprint density at radius 3 is 2.87 bits per heavy atom.